The molecule has 0 radical (unpaired) electrons. The van der Waals surface area contributed by atoms with Crippen molar-refractivity contribution in [1.82, 2.24) is 4.90 Å². The Morgan fingerprint density at radius 3 is 2.86 bits per heavy atom. The average Bonchev–Trinajstić information content (AvgIpc) is 2.92. The number of aliphatic carboxylic acids is 1. The molecule has 7 heteroatoms. The fourth-order valence-electron chi connectivity index (χ4n) is 3.15. The van der Waals surface area contributed by atoms with Gasteiger partial charge in [0.15, 0.2) is 11.5 Å². The Morgan fingerprint density at radius 2 is 2.11 bits per heavy atom. The Labute approximate surface area is 163 Å². The van der Waals surface area contributed by atoms with Crippen molar-refractivity contribution >= 4 is 5.97 Å². The molecule has 0 saturated carbocycles. The monoisotopic (exact) mass is 389 g/mol. The van der Waals surface area contributed by atoms with Crippen LogP contribution in [0.2, 0.25) is 0 Å². The number of ether oxygens (including phenoxy) is 3. The number of carboxylic acids is 1. The highest BCUT2D eigenvalue weighted by Gasteiger charge is 2.24. The van der Waals surface area contributed by atoms with E-state index in [4.69, 9.17) is 14.2 Å². The summed E-state index contributed by atoms with van der Waals surface area (Å²) in [6.45, 7) is 2.62. The number of methoxy groups -OCH3 is 1. The largest absolute Gasteiger partial charge is 0.493 e. The fourth-order valence-corrected chi connectivity index (χ4v) is 3.15. The first kappa shape index (κ1) is 20.1. The Balaban J connectivity index is 1.70. The Bertz CT molecular complexity index is 813. The van der Waals surface area contributed by atoms with Crippen molar-refractivity contribution in [3.63, 3.8) is 0 Å². The summed E-state index contributed by atoms with van der Waals surface area (Å²) in [5.74, 6) is -0.545. The molecule has 150 valence electrons. The fraction of sp³-hybridized carbons (Fsp3) is 0.381. The molecular formula is C21H24FNO5. The van der Waals surface area contributed by atoms with E-state index in [-0.39, 0.29) is 19.0 Å². The van der Waals surface area contributed by atoms with Gasteiger partial charge in [0, 0.05) is 19.6 Å². The molecule has 1 unspecified atom stereocenters. The van der Waals surface area contributed by atoms with E-state index in [1.807, 2.05) is 18.2 Å². The Kier molecular flexibility index (Phi) is 6.84. The zero-order valence-electron chi connectivity index (χ0n) is 15.8. The van der Waals surface area contributed by atoms with Crippen LogP contribution in [0.25, 0.3) is 0 Å². The molecule has 6 nitrogen and oxygen atoms in total. The third kappa shape index (κ3) is 5.43. The van der Waals surface area contributed by atoms with Crippen LogP contribution in [-0.4, -0.2) is 49.4 Å². The maximum atomic E-state index is 13.3. The van der Waals surface area contributed by atoms with Gasteiger partial charge in [0.25, 0.3) is 0 Å². The minimum atomic E-state index is -0.847. The number of hydrogen-bond donors (Lipinski definition) is 1. The van der Waals surface area contributed by atoms with Crippen molar-refractivity contribution in [3.8, 4) is 11.5 Å². The Morgan fingerprint density at radius 1 is 1.25 bits per heavy atom. The van der Waals surface area contributed by atoms with Gasteiger partial charge in [-0.2, -0.15) is 0 Å². The first-order valence-corrected chi connectivity index (χ1v) is 9.12. The zero-order valence-corrected chi connectivity index (χ0v) is 15.8. The van der Waals surface area contributed by atoms with Crippen molar-refractivity contribution in [1.29, 1.82) is 0 Å². The molecule has 0 amide bonds. The molecule has 0 aliphatic carbocycles. The summed E-state index contributed by atoms with van der Waals surface area (Å²) in [7, 11) is 1.56. The summed E-state index contributed by atoms with van der Waals surface area (Å²) in [4.78, 5) is 13.4. The molecule has 1 saturated heterocycles. The van der Waals surface area contributed by atoms with Crippen LogP contribution in [0, 0.1) is 11.7 Å². The van der Waals surface area contributed by atoms with Crippen LogP contribution < -0.4 is 9.47 Å². The molecule has 28 heavy (non-hydrogen) atoms. The summed E-state index contributed by atoms with van der Waals surface area (Å²) >= 11 is 0. The molecule has 3 rings (SSSR count). The second-order valence-electron chi connectivity index (χ2n) is 6.75. The molecule has 1 aliphatic heterocycles. The van der Waals surface area contributed by atoms with E-state index in [0.29, 0.717) is 37.7 Å². The molecule has 1 aliphatic rings. The van der Waals surface area contributed by atoms with Crippen molar-refractivity contribution in [3.05, 3.63) is 59.4 Å². The number of halogens is 1. The number of nitrogens with zero attached hydrogens (tertiary/aromatic N) is 1. The molecule has 0 bridgehead atoms. The maximum absolute atomic E-state index is 13.3. The van der Waals surface area contributed by atoms with Gasteiger partial charge in [0.2, 0.25) is 0 Å². The van der Waals surface area contributed by atoms with Crippen LogP contribution in [0.1, 0.15) is 11.1 Å². The molecule has 0 spiro atoms. The van der Waals surface area contributed by atoms with Gasteiger partial charge in [-0.3, -0.25) is 9.69 Å². The van der Waals surface area contributed by atoms with Gasteiger partial charge in [-0.15, -0.1) is 0 Å². The number of benzene rings is 2. The van der Waals surface area contributed by atoms with E-state index in [9.17, 15) is 14.3 Å². The molecule has 1 heterocycles. The summed E-state index contributed by atoms with van der Waals surface area (Å²) in [5, 5.41) is 9.29. The van der Waals surface area contributed by atoms with Crippen LogP contribution in [0.4, 0.5) is 4.39 Å². The third-order valence-electron chi connectivity index (χ3n) is 4.62. The second kappa shape index (κ2) is 9.52. The smallest absolute Gasteiger partial charge is 0.310 e. The van der Waals surface area contributed by atoms with E-state index in [0.717, 1.165) is 11.1 Å². The molecule has 1 atom stereocenters. The Hall–Kier alpha value is -2.64. The van der Waals surface area contributed by atoms with Crippen molar-refractivity contribution in [2.24, 2.45) is 5.92 Å². The number of rotatable bonds is 7. The molecular weight excluding hydrogens is 365 g/mol. The minimum absolute atomic E-state index is 0.218. The van der Waals surface area contributed by atoms with Crippen LogP contribution in [0.5, 0.6) is 11.5 Å². The van der Waals surface area contributed by atoms with E-state index in [2.05, 4.69) is 4.90 Å². The average molecular weight is 389 g/mol. The van der Waals surface area contributed by atoms with Crippen LogP contribution in [0.3, 0.4) is 0 Å². The number of hydrogen-bond acceptors (Lipinski definition) is 5. The minimum Gasteiger partial charge on any atom is -0.493 e. The van der Waals surface area contributed by atoms with E-state index < -0.39 is 11.9 Å². The number of carbonyl (C=O) groups is 1. The van der Waals surface area contributed by atoms with E-state index >= 15 is 0 Å². The highest BCUT2D eigenvalue weighted by molar-refractivity contribution is 5.70. The molecule has 1 fully saturated rings. The quantitative estimate of drug-likeness (QED) is 0.785. The molecule has 2 aromatic carbocycles. The third-order valence-corrected chi connectivity index (χ3v) is 4.62. The van der Waals surface area contributed by atoms with Gasteiger partial charge < -0.3 is 19.3 Å². The van der Waals surface area contributed by atoms with Gasteiger partial charge in [0.05, 0.1) is 26.2 Å². The van der Waals surface area contributed by atoms with Gasteiger partial charge >= 0.3 is 5.97 Å². The first-order chi connectivity index (χ1) is 13.5. The molecule has 1 N–H and O–H groups in total. The summed E-state index contributed by atoms with van der Waals surface area (Å²) < 4.78 is 30.0. The van der Waals surface area contributed by atoms with Crippen molar-refractivity contribution in [2.75, 3.05) is 33.4 Å². The standard InChI is InChI=1S/C21H24FNO5/c1-26-19-6-5-15(11-23-7-8-27-14-17(12-23)21(24)25)10-20(19)28-13-16-3-2-4-18(22)9-16/h2-6,9-10,17H,7-8,11-14H2,1H3,(H,24,25). The first-order valence-electron chi connectivity index (χ1n) is 9.12. The van der Waals surface area contributed by atoms with Crippen LogP contribution in [0.15, 0.2) is 42.5 Å². The van der Waals surface area contributed by atoms with E-state index in [1.54, 1.807) is 19.2 Å². The lowest BCUT2D eigenvalue weighted by molar-refractivity contribution is -0.143. The van der Waals surface area contributed by atoms with Crippen molar-refractivity contribution < 1.29 is 28.5 Å². The normalized spacial score (nSPS) is 17.7. The second-order valence-corrected chi connectivity index (χ2v) is 6.75. The maximum Gasteiger partial charge on any atom is 0.310 e. The number of carboxylic acid groups (broad SMARTS) is 1. The van der Waals surface area contributed by atoms with Crippen LogP contribution >= 0.6 is 0 Å². The molecule has 0 aromatic heterocycles. The summed E-state index contributed by atoms with van der Waals surface area (Å²) in [6.07, 6.45) is 0. The van der Waals surface area contributed by atoms with Gasteiger partial charge in [-0.1, -0.05) is 18.2 Å². The highest BCUT2D eigenvalue weighted by atomic mass is 19.1. The van der Waals surface area contributed by atoms with Gasteiger partial charge in [-0.05, 0) is 35.4 Å². The van der Waals surface area contributed by atoms with Gasteiger partial charge in [0.1, 0.15) is 12.4 Å². The summed E-state index contributed by atoms with van der Waals surface area (Å²) in [6, 6.07) is 11.9. The SMILES string of the molecule is COc1ccc(CN2CCOCC(C(=O)O)C2)cc1OCc1cccc(F)c1. The topological polar surface area (TPSA) is 68.2 Å². The predicted molar refractivity (Wildman–Crippen MR) is 101 cm³/mol. The summed E-state index contributed by atoms with van der Waals surface area (Å²) in [5.41, 5.74) is 1.70. The highest BCUT2D eigenvalue weighted by Crippen LogP contribution is 2.29. The lowest BCUT2D eigenvalue weighted by atomic mass is 10.1. The lowest BCUT2D eigenvalue weighted by Crippen LogP contribution is -2.33. The predicted octanol–water partition coefficient (Wildman–Crippen LogP) is 2.95. The van der Waals surface area contributed by atoms with Crippen LogP contribution in [-0.2, 0) is 22.7 Å². The van der Waals surface area contributed by atoms with E-state index in [1.165, 1.54) is 12.1 Å². The molecule has 2 aromatic rings. The van der Waals surface area contributed by atoms with Crippen molar-refractivity contribution in [2.45, 2.75) is 13.2 Å². The zero-order chi connectivity index (χ0) is 19.9. The lowest BCUT2D eigenvalue weighted by Gasteiger charge is -2.22. The van der Waals surface area contributed by atoms with Gasteiger partial charge in [-0.25, -0.2) is 4.39 Å².